The zero-order valence-electron chi connectivity index (χ0n) is 13.3. The normalized spacial score (nSPS) is 18.3. The van der Waals surface area contributed by atoms with E-state index < -0.39 is 0 Å². The lowest BCUT2D eigenvalue weighted by atomic mass is 9.97. The Morgan fingerprint density at radius 3 is 2.91 bits per heavy atom. The molecule has 1 aliphatic rings. The van der Waals surface area contributed by atoms with Gasteiger partial charge in [-0.3, -0.25) is 4.79 Å². The van der Waals surface area contributed by atoms with E-state index in [1.165, 1.54) is 4.88 Å². The van der Waals surface area contributed by atoms with Crippen molar-refractivity contribution in [1.29, 1.82) is 0 Å². The van der Waals surface area contributed by atoms with Crippen molar-refractivity contribution in [2.24, 2.45) is 5.92 Å². The lowest BCUT2D eigenvalue weighted by Gasteiger charge is -2.31. The van der Waals surface area contributed by atoms with Crippen LogP contribution >= 0.6 is 11.3 Å². The molecule has 1 aliphatic heterocycles. The molecule has 1 fully saturated rings. The standard InChI is InChI=1S/C16H27N3O2S/c1-13(15-3-2-10-22-15)18-16(21)12-17-11-14-4-6-19(7-5-14)8-9-20/h2-3,10,13-14,17,20H,4-9,11-12H2,1H3,(H,18,21)/t13-/m0/s1. The predicted octanol–water partition coefficient (Wildman–Crippen LogP) is 1.22. The molecule has 1 saturated heterocycles. The Bertz CT molecular complexity index is 431. The van der Waals surface area contributed by atoms with Gasteiger partial charge in [-0.15, -0.1) is 11.3 Å². The quantitative estimate of drug-likeness (QED) is 0.672. The van der Waals surface area contributed by atoms with E-state index in [0.29, 0.717) is 12.5 Å². The van der Waals surface area contributed by atoms with Gasteiger partial charge in [-0.05, 0) is 56.8 Å². The Balaban J connectivity index is 1.58. The number of likely N-dealkylation sites (tertiary alicyclic amines) is 1. The lowest BCUT2D eigenvalue weighted by Crippen LogP contribution is -2.41. The van der Waals surface area contributed by atoms with Crippen molar-refractivity contribution in [2.45, 2.75) is 25.8 Å². The molecule has 3 N–H and O–H groups in total. The van der Waals surface area contributed by atoms with E-state index in [0.717, 1.165) is 39.0 Å². The number of β-amino-alcohol motifs (C(OH)–C–C–N with tert-alkyl or cyclic N) is 1. The first-order chi connectivity index (χ1) is 10.7. The monoisotopic (exact) mass is 325 g/mol. The molecule has 6 heteroatoms. The van der Waals surface area contributed by atoms with Crippen LogP contribution in [-0.2, 0) is 4.79 Å². The number of hydrogen-bond donors (Lipinski definition) is 3. The van der Waals surface area contributed by atoms with Crippen molar-refractivity contribution < 1.29 is 9.90 Å². The van der Waals surface area contributed by atoms with Crippen LogP contribution in [0.5, 0.6) is 0 Å². The van der Waals surface area contributed by atoms with Gasteiger partial charge in [0.05, 0.1) is 19.2 Å². The van der Waals surface area contributed by atoms with Crippen LogP contribution in [0, 0.1) is 5.92 Å². The van der Waals surface area contributed by atoms with Crippen molar-refractivity contribution in [1.82, 2.24) is 15.5 Å². The summed E-state index contributed by atoms with van der Waals surface area (Å²) in [5.41, 5.74) is 0. The van der Waals surface area contributed by atoms with Gasteiger partial charge in [0.1, 0.15) is 0 Å². The van der Waals surface area contributed by atoms with Gasteiger partial charge in [0, 0.05) is 11.4 Å². The van der Waals surface area contributed by atoms with Crippen LogP contribution in [0.2, 0.25) is 0 Å². The summed E-state index contributed by atoms with van der Waals surface area (Å²) in [6.07, 6.45) is 2.28. The molecule has 0 aliphatic carbocycles. The number of aliphatic hydroxyl groups excluding tert-OH is 1. The third kappa shape index (κ3) is 5.68. The Labute approximate surface area is 136 Å². The molecule has 0 bridgehead atoms. The summed E-state index contributed by atoms with van der Waals surface area (Å²) in [6, 6.07) is 4.13. The summed E-state index contributed by atoms with van der Waals surface area (Å²) >= 11 is 1.67. The second-order valence-corrected chi connectivity index (χ2v) is 6.92. The second-order valence-electron chi connectivity index (χ2n) is 5.94. The summed E-state index contributed by atoms with van der Waals surface area (Å²) in [4.78, 5) is 15.4. The first-order valence-corrected chi connectivity index (χ1v) is 8.93. The van der Waals surface area contributed by atoms with Gasteiger partial charge in [0.25, 0.3) is 0 Å². The number of piperidine rings is 1. The SMILES string of the molecule is C[C@H](NC(=O)CNCC1CCN(CCO)CC1)c1cccs1. The highest BCUT2D eigenvalue weighted by atomic mass is 32.1. The number of nitrogens with zero attached hydrogens (tertiary/aromatic N) is 1. The van der Waals surface area contributed by atoms with Crippen LogP contribution in [-0.4, -0.2) is 55.2 Å². The molecule has 0 spiro atoms. The molecule has 1 aromatic heterocycles. The maximum absolute atomic E-state index is 11.9. The fourth-order valence-corrected chi connectivity index (χ4v) is 3.58. The van der Waals surface area contributed by atoms with Crippen LogP contribution in [0.25, 0.3) is 0 Å². The summed E-state index contributed by atoms with van der Waals surface area (Å²) in [6.45, 7) is 6.42. The number of rotatable bonds is 8. The van der Waals surface area contributed by atoms with Crippen molar-refractivity contribution >= 4 is 17.2 Å². The molecule has 0 aromatic carbocycles. The summed E-state index contributed by atoms with van der Waals surface area (Å²) in [5.74, 6) is 0.691. The zero-order valence-corrected chi connectivity index (χ0v) is 14.1. The number of amides is 1. The highest BCUT2D eigenvalue weighted by molar-refractivity contribution is 7.10. The maximum Gasteiger partial charge on any atom is 0.234 e. The smallest absolute Gasteiger partial charge is 0.234 e. The molecule has 5 nitrogen and oxygen atoms in total. The Kier molecular flexibility index (Phi) is 7.32. The summed E-state index contributed by atoms with van der Waals surface area (Å²) < 4.78 is 0. The van der Waals surface area contributed by atoms with E-state index in [9.17, 15) is 4.79 Å². The molecule has 1 aromatic rings. The molecule has 0 radical (unpaired) electrons. The molecule has 2 heterocycles. The maximum atomic E-state index is 11.9. The fourth-order valence-electron chi connectivity index (χ4n) is 2.85. The summed E-state index contributed by atoms with van der Waals surface area (Å²) in [7, 11) is 0. The van der Waals surface area contributed by atoms with Crippen molar-refractivity contribution in [2.75, 3.05) is 39.3 Å². The average Bonchev–Trinajstić information content (AvgIpc) is 3.04. The second kappa shape index (κ2) is 9.25. The number of carbonyl (C=O) groups is 1. The molecule has 124 valence electrons. The highest BCUT2D eigenvalue weighted by Crippen LogP contribution is 2.18. The predicted molar refractivity (Wildman–Crippen MR) is 90.0 cm³/mol. The van der Waals surface area contributed by atoms with Gasteiger partial charge < -0.3 is 20.6 Å². The first-order valence-electron chi connectivity index (χ1n) is 8.05. The minimum Gasteiger partial charge on any atom is -0.395 e. The van der Waals surface area contributed by atoms with Crippen LogP contribution in [0.4, 0.5) is 0 Å². The molecule has 0 unspecified atom stereocenters. The van der Waals surface area contributed by atoms with Gasteiger partial charge in [0.2, 0.25) is 5.91 Å². The van der Waals surface area contributed by atoms with Crippen molar-refractivity contribution in [3.63, 3.8) is 0 Å². The summed E-state index contributed by atoms with van der Waals surface area (Å²) in [5, 5.41) is 17.2. The van der Waals surface area contributed by atoms with E-state index in [1.807, 2.05) is 24.4 Å². The molecule has 2 rings (SSSR count). The van der Waals surface area contributed by atoms with E-state index in [2.05, 4.69) is 15.5 Å². The molecular formula is C16H27N3O2S. The fraction of sp³-hybridized carbons (Fsp3) is 0.688. The topological polar surface area (TPSA) is 64.6 Å². The molecule has 1 amide bonds. The van der Waals surface area contributed by atoms with Gasteiger partial charge in [0.15, 0.2) is 0 Å². The number of nitrogens with one attached hydrogen (secondary N) is 2. The highest BCUT2D eigenvalue weighted by Gasteiger charge is 2.18. The van der Waals surface area contributed by atoms with Crippen LogP contribution < -0.4 is 10.6 Å². The minimum absolute atomic E-state index is 0.0543. The van der Waals surface area contributed by atoms with E-state index >= 15 is 0 Å². The van der Waals surface area contributed by atoms with E-state index in [1.54, 1.807) is 11.3 Å². The number of hydrogen-bond acceptors (Lipinski definition) is 5. The molecule has 22 heavy (non-hydrogen) atoms. The Hall–Kier alpha value is -0.950. The van der Waals surface area contributed by atoms with Crippen molar-refractivity contribution in [3.05, 3.63) is 22.4 Å². The first kappa shape index (κ1) is 17.4. The molecule has 1 atom stereocenters. The minimum atomic E-state index is 0.0543. The number of carbonyl (C=O) groups excluding carboxylic acids is 1. The Morgan fingerprint density at radius 2 is 2.27 bits per heavy atom. The lowest BCUT2D eigenvalue weighted by molar-refractivity contribution is -0.120. The average molecular weight is 325 g/mol. The van der Waals surface area contributed by atoms with Crippen LogP contribution in [0.3, 0.4) is 0 Å². The van der Waals surface area contributed by atoms with E-state index in [4.69, 9.17) is 5.11 Å². The Morgan fingerprint density at radius 1 is 1.50 bits per heavy atom. The number of thiophene rings is 1. The third-order valence-electron chi connectivity index (χ3n) is 4.19. The van der Waals surface area contributed by atoms with Gasteiger partial charge in [-0.2, -0.15) is 0 Å². The zero-order chi connectivity index (χ0) is 15.8. The van der Waals surface area contributed by atoms with Crippen LogP contribution in [0.15, 0.2) is 17.5 Å². The van der Waals surface area contributed by atoms with Crippen LogP contribution in [0.1, 0.15) is 30.7 Å². The van der Waals surface area contributed by atoms with Gasteiger partial charge in [-0.25, -0.2) is 0 Å². The van der Waals surface area contributed by atoms with Gasteiger partial charge >= 0.3 is 0 Å². The molecular weight excluding hydrogens is 298 g/mol. The molecule has 0 saturated carbocycles. The van der Waals surface area contributed by atoms with Crippen molar-refractivity contribution in [3.8, 4) is 0 Å². The third-order valence-corrected chi connectivity index (χ3v) is 5.24. The number of aliphatic hydroxyl groups is 1. The van der Waals surface area contributed by atoms with Gasteiger partial charge in [-0.1, -0.05) is 6.07 Å². The largest absolute Gasteiger partial charge is 0.395 e. The van der Waals surface area contributed by atoms with E-state index in [-0.39, 0.29) is 18.6 Å².